The Morgan fingerprint density at radius 3 is 2.59 bits per heavy atom. The van der Waals surface area contributed by atoms with Crippen LogP contribution in [0.4, 0.5) is 4.79 Å². The maximum Gasteiger partial charge on any atom is 0.325 e. The van der Waals surface area contributed by atoms with Crippen LogP contribution in [0.3, 0.4) is 0 Å². The second-order valence-electron chi connectivity index (χ2n) is 7.04. The van der Waals surface area contributed by atoms with Gasteiger partial charge in [-0.05, 0) is 17.5 Å². The highest BCUT2D eigenvalue weighted by atomic mass is 16.2. The number of fused-ring (bicyclic) bond motifs is 1. The number of carbonyl (C=O) groups excluding carboxylic acids is 3. The first-order valence-electron chi connectivity index (χ1n) is 9.15. The Labute approximate surface area is 157 Å². The molecule has 0 bridgehead atoms. The van der Waals surface area contributed by atoms with Gasteiger partial charge in [0.1, 0.15) is 6.54 Å². The molecule has 4 rings (SSSR count). The first kappa shape index (κ1) is 17.5. The third-order valence-corrected chi connectivity index (χ3v) is 5.43. The summed E-state index contributed by atoms with van der Waals surface area (Å²) in [5.41, 5.74) is 1.05. The SMILES string of the molecule is CN1C(=O)CC(N2CCN(C(=O)Cn3ccc4ccccc43)CC2)NC1=O. The lowest BCUT2D eigenvalue weighted by Gasteiger charge is -2.41. The molecule has 2 aromatic rings. The highest BCUT2D eigenvalue weighted by Crippen LogP contribution is 2.16. The molecule has 0 spiro atoms. The Morgan fingerprint density at radius 2 is 1.85 bits per heavy atom. The van der Waals surface area contributed by atoms with Crippen molar-refractivity contribution < 1.29 is 14.4 Å². The van der Waals surface area contributed by atoms with E-state index in [0.717, 1.165) is 15.8 Å². The number of nitrogens with zero attached hydrogens (tertiary/aromatic N) is 4. The Balaban J connectivity index is 1.34. The summed E-state index contributed by atoms with van der Waals surface area (Å²) < 4.78 is 1.97. The number of carbonyl (C=O) groups is 3. The standard InChI is InChI=1S/C19H23N5O3/c1-21-17(25)12-16(20-19(21)27)22-8-10-23(11-9-22)18(26)13-24-7-6-14-4-2-3-5-15(14)24/h2-7,16H,8-13H2,1H3,(H,20,27). The van der Waals surface area contributed by atoms with E-state index in [1.54, 1.807) is 0 Å². The fourth-order valence-corrected chi connectivity index (χ4v) is 3.73. The number of hydrogen-bond acceptors (Lipinski definition) is 4. The number of imide groups is 1. The molecule has 1 aromatic carbocycles. The minimum absolute atomic E-state index is 0.0829. The van der Waals surface area contributed by atoms with Crippen molar-refractivity contribution in [2.24, 2.45) is 0 Å². The van der Waals surface area contributed by atoms with Crippen LogP contribution in [-0.4, -0.2) is 76.5 Å². The smallest absolute Gasteiger partial charge is 0.325 e. The maximum atomic E-state index is 12.7. The third-order valence-electron chi connectivity index (χ3n) is 5.43. The average molecular weight is 369 g/mol. The van der Waals surface area contributed by atoms with E-state index in [9.17, 15) is 14.4 Å². The largest absolute Gasteiger partial charge is 0.339 e. The number of benzene rings is 1. The van der Waals surface area contributed by atoms with Gasteiger partial charge in [0, 0.05) is 44.9 Å². The first-order valence-corrected chi connectivity index (χ1v) is 9.15. The van der Waals surface area contributed by atoms with Crippen LogP contribution in [0.15, 0.2) is 36.5 Å². The van der Waals surface area contributed by atoms with Gasteiger partial charge < -0.3 is 14.8 Å². The summed E-state index contributed by atoms with van der Waals surface area (Å²) in [5, 5.41) is 3.97. The molecule has 2 aliphatic heterocycles. The molecular formula is C19H23N5O3. The summed E-state index contributed by atoms with van der Waals surface area (Å²) >= 11 is 0. The van der Waals surface area contributed by atoms with Gasteiger partial charge in [0.2, 0.25) is 11.8 Å². The quantitative estimate of drug-likeness (QED) is 0.863. The number of aromatic nitrogens is 1. The van der Waals surface area contributed by atoms with Crippen molar-refractivity contribution in [1.82, 2.24) is 24.6 Å². The molecule has 1 unspecified atom stereocenters. The molecular weight excluding hydrogens is 346 g/mol. The van der Waals surface area contributed by atoms with Gasteiger partial charge in [-0.2, -0.15) is 0 Å². The van der Waals surface area contributed by atoms with Crippen LogP contribution >= 0.6 is 0 Å². The zero-order valence-electron chi connectivity index (χ0n) is 15.3. The van der Waals surface area contributed by atoms with Crippen LogP contribution < -0.4 is 5.32 Å². The number of amides is 4. The van der Waals surface area contributed by atoms with E-state index in [1.807, 2.05) is 46.0 Å². The zero-order valence-corrected chi connectivity index (χ0v) is 15.3. The minimum Gasteiger partial charge on any atom is -0.339 e. The van der Waals surface area contributed by atoms with E-state index in [1.165, 1.54) is 7.05 Å². The van der Waals surface area contributed by atoms with Crippen molar-refractivity contribution in [1.29, 1.82) is 0 Å². The van der Waals surface area contributed by atoms with Crippen LogP contribution in [0, 0.1) is 0 Å². The highest BCUT2D eigenvalue weighted by molar-refractivity contribution is 5.96. The molecule has 2 fully saturated rings. The molecule has 4 amide bonds. The summed E-state index contributed by atoms with van der Waals surface area (Å²) in [6.45, 7) is 2.78. The number of nitrogens with one attached hydrogen (secondary N) is 1. The number of para-hydroxylation sites is 1. The van der Waals surface area contributed by atoms with Gasteiger partial charge in [-0.15, -0.1) is 0 Å². The molecule has 0 radical (unpaired) electrons. The van der Waals surface area contributed by atoms with Crippen molar-refractivity contribution >= 4 is 28.7 Å². The van der Waals surface area contributed by atoms with Crippen molar-refractivity contribution in [3.8, 4) is 0 Å². The van der Waals surface area contributed by atoms with Gasteiger partial charge in [-0.1, -0.05) is 18.2 Å². The molecule has 1 N–H and O–H groups in total. The Morgan fingerprint density at radius 1 is 1.11 bits per heavy atom. The van der Waals surface area contributed by atoms with Crippen LogP contribution in [0.25, 0.3) is 10.9 Å². The van der Waals surface area contributed by atoms with E-state index in [2.05, 4.69) is 10.2 Å². The number of hydrogen-bond donors (Lipinski definition) is 1. The molecule has 2 aliphatic rings. The summed E-state index contributed by atoms with van der Waals surface area (Å²) in [4.78, 5) is 41.4. The highest BCUT2D eigenvalue weighted by Gasteiger charge is 2.34. The van der Waals surface area contributed by atoms with Crippen LogP contribution in [-0.2, 0) is 16.1 Å². The van der Waals surface area contributed by atoms with E-state index in [-0.39, 0.29) is 30.4 Å². The van der Waals surface area contributed by atoms with Crippen molar-refractivity contribution in [3.05, 3.63) is 36.5 Å². The predicted molar refractivity (Wildman–Crippen MR) is 99.8 cm³/mol. The lowest BCUT2D eigenvalue weighted by atomic mass is 10.2. The fraction of sp³-hybridized carbons (Fsp3) is 0.421. The van der Waals surface area contributed by atoms with Crippen molar-refractivity contribution in [2.75, 3.05) is 33.2 Å². The second kappa shape index (κ2) is 7.03. The zero-order chi connectivity index (χ0) is 19.0. The number of piperazine rings is 1. The molecule has 27 heavy (non-hydrogen) atoms. The molecule has 1 atom stereocenters. The van der Waals surface area contributed by atoms with Crippen LogP contribution in [0.5, 0.6) is 0 Å². The van der Waals surface area contributed by atoms with Gasteiger partial charge in [-0.25, -0.2) is 4.79 Å². The van der Waals surface area contributed by atoms with E-state index >= 15 is 0 Å². The van der Waals surface area contributed by atoms with E-state index in [4.69, 9.17) is 0 Å². The lowest BCUT2D eigenvalue weighted by Crippen LogP contribution is -2.62. The molecule has 142 valence electrons. The average Bonchev–Trinajstić information content (AvgIpc) is 3.09. The van der Waals surface area contributed by atoms with Crippen LogP contribution in [0.1, 0.15) is 6.42 Å². The summed E-state index contributed by atoms with van der Waals surface area (Å²) in [5.74, 6) is -0.0961. The Hall–Kier alpha value is -2.87. The molecule has 3 heterocycles. The van der Waals surface area contributed by atoms with Crippen molar-refractivity contribution in [3.63, 3.8) is 0 Å². The monoisotopic (exact) mass is 369 g/mol. The normalized spacial score (nSPS) is 21.6. The van der Waals surface area contributed by atoms with E-state index in [0.29, 0.717) is 32.7 Å². The summed E-state index contributed by atoms with van der Waals surface area (Å²) in [6.07, 6.45) is 1.93. The number of urea groups is 1. The topological polar surface area (TPSA) is 77.9 Å². The third kappa shape index (κ3) is 3.40. The first-order chi connectivity index (χ1) is 13.0. The van der Waals surface area contributed by atoms with Gasteiger partial charge in [0.25, 0.3) is 0 Å². The molecule has 8 heteroatoms. The molecule has 2 saturated heterocycles. The maximum absolute atomic E-state index is 12.7. The molecule has 0 aliphatic carbocycles. The van der Waals surface area contributed by atoms with Crippen LogP contribution in [0.2, 0.25) is 0 Å². The second-order valence-corrected chi connectivity index (χ2v) is 7.04. The summed E-state index contributed by atoms with van der Waals surface area (Å²) in [6, 6.07) is 9.65. The lowest BCUT2D eigenvalue weighted by molar-refractivity contribution is -0.136. The van der Waals surface area contributed by atoms with Gasteiger partial charge in [-0.3, -0.25) is 19.4 Å². The molecule has 1 aromatic heterocycles. The Kier molecular flexibility index (Phi) is 4.57. The van der Waals surface area contributed by atoms with Gasteiger partial charge in [0.05, 0.1) is 12.6 Å². The van der Waals surface area contributed by atoms with Gasteiger partial charge >= 0.3 is 6.03 Å². The molecule has 8 nitrogen and oxygen atoms in total. The minimum atomic E-state index is -0.366. The van der Waals surface area contributed by atoms with Gasteiger partial charge in [0.15, 0.2) is 0 Å². The van der Waals surface area contributed by atoms with E-state index < -0.39 is 0 Å². The predicted octanol–water partition coefficient (Wildman–Crippen LogP) is 0.683. The number of rotatable bonds is 3. The summed E-state index contributed by atoms with van der Waals surface area (Å²) in [7, 11) is 1.48. The Bertz CT molecular complexity index is 866. The fourth-order valence-electron chi connectivity index (χ4n) is 3.73. The van der Waals surface area contributed by atoms with Crippen molar-refractivity contribution in [2.45, 2.75) is 19.1 Å². The molecule has 0 saturated carbocycles.